The molecule has 0 bridgehead atoms. The molecule has 0 unspecified atom stereocenters. The van der Waals surface area contributed by atoms with Crippen molar-refractivity contribution in [3.05, 3.63) is 59.9 Å². The largest absolute Gasteiger partial charge is 0.381 e. The van der Waals surface area contributed by atoms with E-state index in [4.69, 9.17) is 25.2 Å². The average Bonchev–Trinajstić information content (AvgIpc) is 2.95. The summed E-state index contributed by atoms with van der Waals surface area (Å²) in [6.45, 7) is 6.61. The van der Waals surface area contributed by atoms with E-state index in [1.54, 1.807) is 6.20 Å². The zero-order chi connectivity index (χ0) is 26.0. The lowest BCUT2D eigenvalue weighted by atomic mass is 9.78. The molecule has 3 aliphatic heterocycles. The zero-order valence-electron chi connectivity index (χ0n) is 21.4. The first-order valence-corrected chi connectivity index (χ1v) is 13.3. The number of primary amides is 1. The SMILES string of the molecule is NC(=O)c1nc(-c2ccccn2)c(N2CCC23CCOCC3)nc1Nc1ccc(CN2CCOCC2)cc1. The highest BCUT2D eigenvalue weighted by Crippen LogP contribution is 2.45. The maximum Gasteiger partial charge on any atom is 0.271 e. The maximum absolute atomic E-state index is 12.5. The van der Waals surface area contributed by atoms with Crippen LogP contribution in [0, 0.1) is 0 Å². The van der Waals surface area contributed by atoms with E-state index in [1.165, 1.54) is 5.56 Å². The van der Waals surface area contributed by atoms with Crippen molar-refractivity contribution in [2.24, 2.45) is 5.73 Å². The van der Waals surface area contributed by atoms with Gasteiger partial charge in [-0.2, -0.15) is 0 Å². The lowest BCUT2D eigenvalue weighted by Gasteiger charge is -2.55. The van der Waals surface area contributed by atoms with Gasteiger partial charge in [-0.05, 0) is 49.1 Å². The van der Waals surface area contributed by atoms with Gasteiger partial charge in [-0.3, -0.25) is 14.7 Å². The summed E-state index contributed by atoms with van der Waals surface area (Å²) < 4.78 is 11.1. The predicted molar refractivity (Wildman–Crippen MR) is 144 cm³/mol. The Balaban J connectivity index is 1.33. The number of hydrogen-bond acceptors (Lipinski definition) is 9. The number of carbonyl (C=O) groups is 1. The second-order valence-corrected chi connectivity index (χ2v) is 10.1. The molecule has 2 aromatic heterocycles. The van der Waals surface area contributed by atoms with Crippen LogP contribution in [0.1, 0.15) is 35.3 Å². The molecule has 3 aromatic rings. The monoisotopic (exact) mass is 515 g/mol. The van der Waals surface area contributed by atoms with Crippen LogP contribution in [-0.2, 0) is 16.0 Å². The molecule has 10 nitrogen and oxygen atoms in total. The van der Waals surface area contributed by atoms with E-state index in [-0.39, 0.29) is 11.2 Å². The van der Waals surface area contributed by atoms with Crippen molar-refractivity contribution < 1.29 is 14.3 Å². The van der Waals surface area contributed by atoms with Crippen LogP contribution in [0.15, 0.2) is 48.7 Å². The molecular weight excluding hydrogens is 482 g/mol. The van der Waals surface area contributed by atoms with Crippen LogP contribution < -0.4 is 16.0 Å². The van der Waals surface area contributed by atoms with E-state index in [1.807, 2.05) is 30.3 Å². The van der Waals surface area contributed by atoms with Gasteiger partial charge in [0.25, 0.3) is 5.91 Å². The van der Waals surface area contributed by atoms with Crippen LogP contribution >= 0.6 is 0 Å². The number of amides is 1. The maximum atomic E-state index is 12.5. The molecule has 198 valence electrons. The number of ether oxygens (including phenoxy) is 2. The lowest BCUT2D eigenvalue weighted by Crippen LogP contribution is -2.63. The van der Waals surface area contributed by atoms with Gasteiger partial charge in [0.1, 0.15) is 5.69 Å². The van der Waals surface area contributed by atoms with E-state index in [2.05, 4.69) is 32.2 Å². The lowest BCUT2D eigenvalue weighted by molar-refractivity contribution is 0.0285. The Morgan fingerprint density at radius 1 is 0.947 bits per heavy atom. The molecule has 5 heterocycles. The molecule has 0 saturated carbocycles. The number of nitrogens with two attached hydrogens (primary N) is 1. The molecular formula is C28H33N7O3. The first kappa shape index (κ1) is 24.7. The minimum Gasteiger partial charge on any atom is -0.381 e. The Morgan fingerprint density at radius 3 is 2.37 bits per heavy atom. The molecule has 1 aromatic carbocycles. The molecule has 3 fully saturated rings. The number of nitrogens with one attached hydrogen (secondary N) is 1. The van der Waals surface area contributed by atoms with Gasteiger partial charge in [0.2, 0.25) is 0 Å². The van der Waals surface area contributed by atoms with E-state index in [0.717, 1.165) is 77.6 Å². The van der Waals surface area contributed by atoms with Crippen molar-refractivity contribution in [1.82, 2.24) is 19.9 Å². The van der Waals surface area contributed by atoms with Crippen LogP contribution in [0.5, 0.6) is 0 Å². The van der Waals surface area contributed by atoms with Gasteiger partial charge in [0.05, 0.1) is 18.9 Å². The van der Waals surface area contributed by atoms with Gasteiger partial charge in [-0.25, -0.2) is 9.97 Å². The van der Waals surface area contributed by atoms with Crippen molar-refractivity contribution in [3.63, 3.8) is 0 Å². The van der Waals surface area contributed by atoms with Gasteiger partial charge < -0.3 is 25.4 Å². The molecule has 0 atom stereocenters. The fraction of sp³-hybridized carbons (Fsp3) is 0.429. The number of anilines is 3. The summed E-state index contributed by atoms with van der Waals surface area (Å²) >= 11 is 0. The average molecular weight is 516 g/mol. The van der Waals surface area contributed by atoms with Crippen LogP contribution in [0.2, 0.25) is 0 Å². The van der Waals surface area contributed by atoms with Crippen molar-refractivity contribution in [3.8, 4) is 11.4 Å². The van der Waals surface area contributed by atoms with Gasteiger partial charge in [-0.15, -0.1) is 0 Å². The second kappa shape index (κ2) is 10.6. The minimum atomic E-state index is -0.642. The van der Waals surface area contributed by atoms with E-state index in [0.29, 0.717) is 23.0 Å². The molecule has 0 aliphatic carbocycles. The smallest absolute Gasteiger partial charge is 0.271 e. The number of benzene rings is 1. The topological polar surface area (TPSA) is 119 Å². The Labute approximate surface area is 222 Å². The molecule has 1 spiro atoms. The van der Waals surface area contributed by atoms with E-state index >= 15 is 0 Å². The Bertz CT molecular complexity index is 1270. The highest BCUT2D eigenvalue weighted by atomic mass is 16.5. The van der Waals surface area contributed by atoms with Crippen LogP contribution in [0.4, 0.5) is 17.3 Å². The molecule has 6 rings (SSSR count). The van der Waals surface area contributed by atoms with Crippen LogP contribution in [0.25, 0.3) is 11.4 Å². The summed E-state index contributed by atoms with van der Waals surface area (Å²) in [7, 11) is 0. The van der Waals surface area contributed by atoms with Gasteiger partial charge in [-0.1, -0.05) is 18.2 Å². The minimum absolute atomic E-state index is 0.0108. The van der Waals surface area contributed by atoms with E-state index in [9.17, 15) is 4.79 Å². The molecule has 1 amide bonds. The fourth-order valence-corrected chi connectivity index (χ4v) is 5.54. The van der Waals surface area contributed by atoms with E-state index < -0.39 is 5.91 Å². The summed E-state index contributed by atoms with van der Waals surface area (Å²) in [5, 5.41) is 3.32. The first-order chi connectivity index (χ1) is 18.6. The third-order valence-corrected chi connectivity index (χ3v) is 7.80. The van der Waals surface area contributed by atoms with Gasteiger partial charge in [0, 0.05) is 56.8 Å². The number of rotatable bonds is 7. The second-order valence-electron chi connectivity index (χ2n) is 10.1. The number of carbonyl (C=O) groups excluding carboxylic acids is 1. The fourth-order valence-electron chi connectivity index (χ4n) is 5.54. The van der Waals surface area contributed by atoms with Gasteiger partial charge >= 0.3 is 0 Å². The predicted octanol–water partition coefficient (Wildman–Crippen LogP) is 2.97. The van der Waals surface area contributed by atoms with Crippen molar-refractivity contribution in [2.75, 3.05) is 56.3 Å². The number of morpholine rings is 1. The van der Waals surface area contributed by atoms with Gasteiger partial charge in [0.15, 0.2) is 17.3 Å². The Hall–Kier alpha value is -3.60. The third-order valence-electron chi connectivity index (χ3n) is 7.80. The number of hydrogen-bond donors (Lipinski definition) is 2. The Kier molecular flexibility index (Phi) is 6.92. The van der Waals surface area contributed by atoms with Crippen molar-refractivity contribution in [2.45, 2.75) is 31.3 Å². The number of pyridine rings is 1. The number of aromatic nitrogens is 3. The molecule has 0 radical (unpaired) electrons. The summed E-state index contributed by atoms with van der Waals surface area (Å²) in [6.07, 6.45) is 4.66. The summed E-state index contributed by atoms with van der Waals surface area (Å²) in [4.78, 5) is 31.5. The van der Waals surface area contributed by atoms with Crippen molar-refractivity contribution in [1.29, 1.82) is 0 Å². The summed E-state index contributed by atoms with van der Waals surface area (Å²) in [5.74, 6) is 0.424. The zero-order valence-corrected chi connectivity index (χ0v) is 21.4. The first-order valence-electron chi connectivity index (χ1n) is 13.3. The highest BCUT2D eigenvalue weighted by molar-refractivity contribution is 5.97. The Morgan fingerprint density at radius 2 is 1.71 bits per heavy atom. The summed E-state index contributed by atoms with van der Waals surface area (Å²) in [6, 6.07) is 13.8. The van der Waals surface area contributed by atoms with Crippen molar-refractivity contribution >= 4 is 23.2 Å². The molecule has 3 saturated heterocycles. The molecule has 3 N–H and O–H groups in total. The normalized spacial score (nSPS) is 19.2. The summed E-state index contributed by atoms with van der Waals surface area (Å²) in [5.41, 5.74) is 9.14. The quantitative estimate of drug-likeness (QED) is 0.489. The highest BCUT2D eigenvalue weighted by Gasteiger charge is 2.47. The van der Waals surface area contributed by atoms with Crippen LogP contribution in [-0.4, -0.2) is 77.4 Å². The standard InChI is InChI=1S/C28H33N7O3/c29-25(36)24-26(31-21-6-4-20(5-7-21)19-34-13-17-38-18-14-34)33-27(23(32-24)22-3-1-2-11-30-22)35-12-8-28(35)9-15-37-16-10-28/h1-7,11H,8-10,12-19H2,(H2,29,36)(H,31,33). The van der Waals surface area contributed by atoms with Crippen LogP contribution in [0.3, 0.4) is 0 Å². The molecule has 3 aliphatic rings. The molecule has 10 heteroatoms. The molecule has 38 heavy (non-hydrogen) atoms. The number of nitrogens with zero attached hydrogens (tertiary/aromatic N) is 5. The third kappa shape index (κ3) is 4.94.